The van der Waals surface area contributed by atoms with Crippen LogP contribution in [0.1, 0.15) is 19.8 Å². The van der Waals surface area contributed by atoms with E-state index in [4.69, 9.17) is 0 Å². The molecule has 7 heteroatoms. The summed E-state index contributed by atoms with van der Waals surface area (Å²) in [6.07, 6.45) is -4.56. The molecule has 100 valence electrons. The lowest BCUT2D eigenvalue weighted by molar-refractivity contribution is -0.134. The van der Waals surface area contributed by atoms with E-state index in [1.165, 1.54) is 7.11 Å². The molecule has 3 atom stereocenters. The Bertz CT molecular complexity index is 257. The van der Waals surface area contributed by atoms with Crippen LogP contribution in [0.3, 0.4) is 0 Å². The van der Waals surface area contributed by atoms with E-state index in [2.05, 4.69) is 4.74 Å². The van der Waals surface area contributed by atoms with Gasteiger partial charge in [0, 0.05) is 13.5 Å². The SMILES string of the molecule is CCC(=O)NC(=O)C[C@@H](O)[C@H](O)[C@H](O)COC. The smallest absolute Gasteiger partial charge is 0.229 e. The molecule has 0 aromatic carbocycles. The molecular weight excluding hydrogens is 230 g/mol. The Kier molecular flexibility index (Phi) is 7.64. The van der Waals surface area contributed by atoms with E-state index in [0.717, 1.165) is 0 Å². The fourth-order valence-electron chi connectivity index (χ4n) is 1.13. The third-order valence-electron chi connectivity index (χ3n) is 2.12. The van der Waals surface area contributed by atoms with Crippen molar-refractivity contribution in [1.29, 1.82) is 0 Å². The average Bonchev–Trinajstić information content (AvgIpc) is 2.27. The quantitative estimate of drug-likeness (QED) is 0.421. The van der Waals surface area contributed by atoms with Crippen LogP contribution in [-0.4, -0.2) is 59.2 Å². The second-order valence-corrected chi connectivity index (χ2v) is 3.61. The van der Waals surface area contributed by atoms with Gasteiger partial charge in [0.05, 0.1) is 19.1 Å². The minimum Gasteiger partial charge on any atom is -0.390 e. The fraction of sp³-hybridized carbons (Fsp3) is 0.800. The first-order chi connectivity index (χ1) is 7.92. The number of methoxy groups -OCH3 is 1. The number of imide groups is 1. The van der Waals surface area contributed by atoms with Crippen LogP contribution >= 0.6 is 0 Å². The van der Waals surface area contributed by atoms with Gasteiger partial charge in [0.2, 0.25) is 11.8 Å². The molecule has 7 nitrogen and oxygen atoms in total. The molecular formula is C10H19NO6. The Labute approximate surface area is 99.4 Å². The van der Waals surface area contributed by atoms with Crippen molar-refractivity contribution in [1.82, 2.24) is 5.32 Å². The molecule has 0 unspecified atom stereocenters. The lowest BCUT2D eigenvalue weighted by atomic mass is 10.1. The number of ether oxygens (including phenoxy) is 1. The lowest BCUT2D eigenvalue weighted by Gasteiger charge is -2.21. The zero-order valence-corrected chi connectivity index (χ0v) is 9.92. The van der Waals surface area contributed by atoms with Gasteiger partial charge in [-0.25, -0.2) is 0 Å². The summed E-state index contributed by atoms with van der Waals surface area (Å²) in [5.74, 6) is -1.16. The maximum absolute atomic E-state index is 11.2. The minimum absolute atomic E-state index is 0.149. The first-order valence-corrected chi connectivity index (χ1v) is 5.28. The zero-order chi connectivity index (χ0) is 13.4. The topological polar surface area (TPSA) is 116 Å². The summed E-state index contributed by atoms with van der Waals surface area (Å²) in [5.41, 5.74) is 0. The number of carbonyl (C=O) groups excluding carboxylic acids is 2. The lowest BCUT2D eigenvalue weighted by Crippen LogP contribution is -2.43. The highest BCUT2D eigenvalue weighted by Crippen LogP contribution is 2.04. The van der Waals surface area contributed by atoms with Gasteiger partial charge in [0.15, 0.2) is 0 Å². The zero-order valence-electron chi connectivity index (χ0n) is 9.92. The van der Waals surface area contributed by atoms with Crippen molar-refractivity contribution in [2.45, 2.75) is 38.1 Å². The van der Waals surface area contributed by atoms with E-state index in [1.54, 1.807) is 6.92 Å². The Morgan fingerprint density at radius 1 is 1.18 bits per heavy atom. The van der Waals surface area contributed by atoms with Gasteiger partial charge in [-0.05, 0) is 0 Å². The number of nitrogens with one attached hydrogen (secondary N) is 1. The summed E-state index contributed by atoms with van der Waals surface area (Å²) < 4.78 is 4.59. The van der Waals surface area contributed by atoms with Gasteiger partial charge in [-0.3, -0.25) is 14.9 Å². The minimum atomic E-state index is -1.50. The molecule has 0 aliphatic rings. The summed E-state index contributed by atoms with van der Waals surface area (Å²) in [6.45, 7) is 1.42. The summed E-state index contributed by atoms with van der Waals surface area (Å²) >= 11 is 0. The highest BCUT2D eigenvalue weighted by molar-refractivity contribution is 5.95. The van der Waals surface area contributed by atoms with E-state index < -0.39 is 36.5 Å². The number of aliphatic hydroxyl groups is 3. The van der Waals surface area contributed by atoms with Gasteiger partial charge in [-0.15, -0.1) is 0 Å². The molecule has 2 amide bonds. The summed E-state index contributed by atoms with van der Waals surface area (Å²) in [5, 5.41) is 30.2. The van der Waals surface area contributed by atoms with Crippen LogP contribution in [0, 0.1) is 0 Å². The van der Waals surface area contributed by atoms with Gasteiger partial charge in [-0.1, -0.05) is 6.92 Å². The summed E-state index contributed by atoms with van der Waals surface area (Å²) in [6, 6.07) is 0. The fourth-order valence-corrected chi connectivity index (χ4v) is 1.13. The molecule has 0 aliphatic heterocycles. The largest absolute Gasteiger partial charge is 0.390 e. The maximum Gasteiger partial charge on any atom is 0.229 e. The van der Waals surface area contributed by atoms with Crippen molar-refractivity contribution < 1.29 is 29.6 Å². The monoisotopic (exact) mass is 249 g/mol. The summed E-state index contributed by atoms with van der Waals surface area (Å²) in [7, 11) is 1.33. The van der Waals surface area contributed by atoms with Crippen molar-refractivity contribution in [3.8, 4) is 0 Å². The van der Waals surface area contributed by atoms with Crippen LogP contribution in [0.5, 0.6) is 0 Å². The van der Waals surface area contributed by atoms with Crippen molar-refractivity contribution >= 4 is 11.8 Å². The second kappa shape index (κ2) is 8.13. The molecule has 0 fully saturated rings. The van der Waals surface area contributed by atoms with Crippen molar-refractivity contribution in [2.24, 2.45) is 0 Å². The molecule has 0 radical (unpaired) electrons. The van der Waals surface area contributed by atoms with Crippen molar-refractivity contribution in [2.75, 3.05) is 13.7 Å². The Morgan fingerprint density at radius 3 is 2.24 bits per heavy atom. The van der Waals surface area contributed by atoms with Gasteiger partial charge >= 0.3 is 0 Å². The van der Waals surface area contributed by atoms with Crippen LogP contribution < -0.4 is 5.32 Å². The predicted molar refractivity (Wildman–Crippen MR) is 58.0 cm³/mol. The normalized spacial score (nSPS) is 16.1. The van der Waals surface area contributed by atoms with Gasteiger partial charge in [-0.2, -0.15) is 0 Å². The van der Waals surface area contributed by atoms with Gasteiger partial charge in [0.25, 0.3) is 0 Å². The highest BCUT2D eigenvalue weighted by Gasteiger charge is 2.26. The predicted octanol–water partition coefficient (Wildman–Crippen LogP) is -1.84. The van der Waals surface area contributed by atoms with E-state index in [-0.39, 0.29) is 13.0 Å². The maximum atomic E-state index is 11.2. The number of rotatable bonds is 7. The molecule has 0 aromatic heterocycles. The molecule has 0 aliphatic carbocycles. The molecule has 0 saturated heterocycles. The third-order valence-corrected chi connectivity index (χ3v) is 2.12. The van der Waals surface area contributed by atoms with Crippen LogP contribution in [0.15, 0.2) is 0 Å². The number of hydrogen-bond acceptors (Lipinski definition) is 6. The van der Waals surface area contributed by atoms with Crippen LogP contribution in [0.25, 0.3) is 0 Å². The highest BCUT2D eigenvalue weighted by atomic mass is 16.5. The first kappa shape index (κ1) is 16.0. The number of amides is 2. The Hall–Kier alpha value is -1.02. The molecule has 0 bridgehead atoms. The molecule has 0 spiro atoms. The van der Waals surface area contributed by atoms with Crippen LogP contribution in [0.4, 0.5) is 0 Å². The number of hydrogen-bond donors (Lipinski definition) is 4. The third kappa shape index (κ3) is 6.32. The molecule has 17 heavy (non-hydrogen) atoms. The van der Waals surface area contributed by atoms with Crippen molar-refractivity contribution in [3.05, 3.63) is 0 Å². The molecule has 0 saturated carbocycles. The van der Waals surface area contributed by atoms with E-state index in [9.17, 15) is 24.9 Å². The van der Waals surface area contributed by atoms with E-state index in [1.807, 2.05) is 5.32 Å². The average molecular weight is 249 g/mol. The Balaban J connectivity index is 4.10. The van der Waals surface area contributed by atoms with Gasteiger partial charge in [0.1, 0.15) is 12.2 Å². The van der Waals surface area contributed by atoms with Crippen LogP contribution in [0.2, 0.25) is 0 Å². The first-order valence-electron chi connectivity index (χ1n) is 5.28. The standard InChI is InChI=1S/C10H19NO6/c1-3-8(14)11-9(15)4-6(12)10(16)7(13)5-17-2/h6-7,10,12-13,16H,3-5H2,1-2H3,(H,11,14,15)/t6-,7-,10+/m1/s1. The summed E-state index contributed by atoms with van der Waals surface area (Å²) in [4.78, 5) is 22.1. The van der Waals surface area contributed by atoms with Gasteiger partial charge < -0.3 is 20.1 Å². The van der Waals surface area contributed by atoms with Crippen LogP contribution in [-0.2, 0) is 14.3 Å². The van der Waals surface area contributed by atoms with Crippen molar-refractivity contribution in [3.63, 3.8) is 0 Å². The number of carbonyl (C=O) groups is 2. The van der Waals surface area contributed by atoms with E-state index in [0.29, 0.717) is 0 Å². The second-order valence-electron chi connectivity index (χ2n) is 3.61. The van der Waals surface area contributed by atoms with E-state index >= 15 is 0 Å². The molecule has 4 N–H and O–H groups in total. The molecule has 0 heterocycles. The number of aliphatic hydroxyl groups excluding tert-OH is 3. The molecule has 0 aromatic rings. The Morgan fingerprint density at radius 2 is 1.76 bits per heavy atom. The molecule has 0 rings (SSSR count).